The third-order valence-electron chi connectivity index (χ3n) is 1.69. The van der Waals surface area contributed by atoms with Crippen LogP contribution in [0.4, 0.5) is 5.69 Å². The van der Waals surface area contributed by atoms with Crippen molar-refractivity contribution in [2.45, 2.75) is 6.92 Å². The molecule has 0 aromatic carbocycles. The topological polar surface area (TPSA) is 84.2 Å². The van der Waals surface area contributed by atoms with Crippen molar-refractivity contribution in [2.24, 2.45) is 0 Å². The standard InChI is InChI=1S/C9H13N3O2S/c1-6(13)11-3-4-12-9(14)8-7(10)2-5-15-8/h2,5H,3-4,10H2,1H3,(H,11,13)(H,12,14). The third-order valence-corrected chi connectivity index (χ3v) is 2.62. The molecule has 0 aliphatic carbocycles. The van der Waals surface area contributed by atoms with Crippen LogP contribution in [0, 0.1) is 0 Å². The first-order chi connectivity index (χ1) is 7.11. The highest BCUT2D eigenvalue weighted by Gasteiger charge is 2.09. The molecule has 0 aliphatic heterocycles. The lowest BCUT2D eigenvalue weighted by Crippen LogP contribution is -2.33. The molecule has 0 saturated carbocycles. The zero-order valence-corrected chi connectivity index (χ0v) is 9.19. The lowest BCUT2D eigenvalue weighted by Gasteiger charge is -2.04. The molecule has 0 atom stereocenters. The Labute approximate surface area is 91.7 Å². The molecule has 0 fully saturated rings. The SMILES string of the molecule is CC(=O)NCCNC(=O)c1sccc1N. The molecule has 5 nitrogen and oxygen atoms in total. The molecular weight excluding hydrogens is 214 g/mol. The summed E-state index contributed by atoms with van der Waals surface area (Å²) in [6.07, 6.45) is 0. The second kappa shape index (κ2) is 5.35. The number of hydrogen-bond acceptors (Lipinski definition) is 4. The van der Waals surface area contributed by atoms with Gasteiger partial charge in [0.05, 0.1) is 5.69 Å². The highest BCUT2D eigenvalue weighted by molar-refractivity contribution is 7.12. The van der Waals surface area contributed by atoms with Crippen LogP contribution in [0.25, 0.3) is 0 Å². The fraction of sp³-hybridized carbons (Fsp3) is 0.333. The summed E-state index contributed by atoms with van der Waals surface area (Å²) in [6.45, 7) is 2.25. The third kappa shape index (κ3) is 3.59. The van der Waals surface area contributed by atoms with Crippen LogP contribution in [0.3, 0.4) is 0 Å². The highest BCUT2D eigenvalue weighted by Crippen LogP contribution is 2.17. The second-order valence-electron chi connectivity index (χ2n) is 2.94. The predicted molar refractivity (Wildman–Crippen MR) is 59.7 cm³/mol. The zero-order chi connectivity index (χ0) is 11.3. The van der Waals surface area contributed by atoms with Crippen LogP contribution >= 0.6 is 11.3 Å². The van der Waals surface area contributed by atoms with Gasteiger partial charge in [-0.3, -0.25) is 9.59 Å². The number of hydrogen-bond donors (Lipinski definition) is 3. The molecular formula is C9H13N3O2S. The minimum Gasteiger partial charge on any atom is -0.397 e. The van der Waals surface area contributed by atoms with E-state index in [1.165, 1.54) is 18.3 Å². The molecule has 15 heavy (non-hydrogen) atoms. The summed E-state index contributed by atoms with van der Waals surface area (Å²) in [7, 11) is 0. The molecule has 1 rings (SSSR count). The van der Waals surface area contributed by atoms with Crippen LogP contribution in [-0.4, -0.2) is 24.9 Å². The van der Waals surface area contributed by atoms with Crippen LogP contribution < -0.4 is 16.4 Å². The Morgan fingerprint density at radius 1 is 1.40 bits per heavy atom. The van der Waals surface area contributed by atoms with Gasteiger partial charge in [-0.15, -0.1) is 11.3 Å². The number of rotatable bonds is 4. The summed E-state index contributed by atoms with van der Waals surface area (Å²) in [5.41, 5.74) is 6.06. The van der Waals surface area contributed by atoms with Crippen molar-refractivity contribution in [2.75, 3.05) is 18.8 Å². The maximum atomic E-state index is 11.5. The summed E-state index contributed by atoms with van der Waals surface area (Å²) in [6, 6.07) is 1.69. The van der Waals surface area contributed by atoms with Crippen molar-refractivity contribution in [3.63, 3.8) is 0 Å². The monoisotopic (exact) mass is 227 g/mol. The van der Waals surface area contributed by atoms with Gasteiger partial charge in [0.25, 0.3) is 5.91 Å². The molecule has 1 aromatic rings. The fourth-order valence-electron chi connectivity index (χ4n) is 0.999. The van der Waals surface area contributed by atoms with Crippen LogP contribution in [0.5, 0.6) is 0 Å². The van der Waals surface area contributed by atoms with E-state index in [-0.39, 0.29) is 11.8 Å². The number of nitrogen functional groups attached to an aromatic ring is 1. The Hall–Kier alpha value is -1.56. The average Bonchev–Trinajstić information content (AvgIpc) is 2.58. The zero-order valence-electron chi connectivity index (χ0n) is 8.37. The van der Waals surface area contributed by atoms with E-state index in [0.717, 1.165) is 0 Å². The van der Waals surface area contributed by atoms with Crippen LogP contribution in [0.1, 0.15) is 16.6 Å². The quantitative estimate of drug-likeness (QED) is 0.642. The summed E-state index contributed by atoms with van der Waals surface area (Å²) >= 11 is 1.30. The number of thiophene rings is 1. The summed E-state index contributed by atoms with van der Waals surface area (Å²) in [5, 5.41) is 7.00. The molecule has 0 radical (unpaired) electrons. The lowest BCUT2D eigenvalue weighted by atomic mass is 10.4. The van der Waals surface area contributed by atoms with Crippen LogP contribution in [-0.2, 0) is 4.79 Å². The fourth-order valence-corrected chi connectivity index (χ4v) is 1.73. The van der Waals surface area contributed by atoms with E-state index in [0.29, 0.717) is 23.7 Å². The van der Waals surface area contributed by atoms with Gasteiger partial charge in [0, 0.05) is 20.0 Å². The normalized spacial score (nSPS) is 9.67. The van der Waals surface area contributed by atoms with Crippen molar-refractivity contribution < 1.29 is 9.59 Å². The van der Waals surface area contributed by atoms with Crippen molar-refractivity contribution >= 4 is 28.8 Å². The van der Waals surface area contributed by atoms with Crippen molar-refractivity contribution in [1.82, 2.24) is 10.6 Å². The van der Waals surface area contributed by atoms with E-state index in [9.17, 15) is 9.59 Å². The van der Waals surface area contributed by atoms with Gasteiger partial charge in [0.2, 0.25) is 5.91 Å². The molecule has 0 unspecified atom stereocenters. The number of carbonyl (C=O) groups is 2. The molecule has 6 heteroatoms. The highest BCUT2D eigenvalue weighted by atomic mass is 32.1. The maximum absolute atomic E-state index is 11.5. The molecule has 2 amide bonds. The first kappa shape index (κ1) is 11.5. The lowest BCUT2D eigenvalue weighted by molar-refractivity contribution is -0.118. The predicted octanol–water partition coefficient (Wildman–Crippen LogP) is 0.196. The van der Waals surface area contributed by atoms with E-state index >= 15 is 0 Å². The van der Waals surface area contributed by atoms with Gasteiger partial charge < -0.3 is 16.4 Å². The minimum atomic E-state index is -0.201. The van der Waals surface area contributed by atoms with Crippen molar-refractivity contribution in [1.29, 1.82) is 0 Å². The molecule has 0 aliphatic rings. The Balaban J connectivity index is 2.31. The molecule has 0 bridgehead atoms. The van der Waals surface area contributed by atoms with Gasteiger partial charge in [0.1, 0.15) is 4.88 Å². The van der Waals surface area contributed by atoms with E-state index in [2.05, 4.69) is 10.6 Å². The smallest absolute Gasteiger partial charge is 0.263 e. The van der Waals surface area contributed by atoms with Crippen LogP contribution in [0.15, 0.2) is 11.4 Å². The molecule has 82 valence electrons. The number of carbonyl (C=O) groups excluding carboxylic acids is 2. The van der Waals surface area contributed by atoms with Gasteiger partial charge in [-0.1, -0.05) is 0 Å². The van der Waals surface area contributed by atoms with Gasteiger partial charge in [-0.25, -0.2) is 0 Å². The van der Waals surface area contributed by atoms with Crippen molar-refractivity contribution in [3.8, 4) is 0 Å². The Kier molecular flexibility index (Phi) is 4.11. The Bertz CT molecular complexity index is 362. The number of nitrogens with two attached hydrogens (primary N) is 1. The first-order valence-corrected chi connectivity index (χ1v) is 5.35. The van der Waals surface area contributed by atoms with E-state index in [1.54, 1.807) is 11.4 Å². The largest absolute Gasteiger partial charge is 0.397 e. The average molecular weight is 227 g/mol. The maximum Gasteiger partial charge on any atom is 0.263 e. The molecule has 0 spiro atoms. The van der Waals surface area contributed by atoms with Gasteiger partial charge >= 0.3 is 0 Å². The van der Waals surface area contributed by atoms with E-state index < -0.39 is 0 Å². The Morgan fingerprint density at radius 2 is 2.07 bits per heavy atom. The minimum absolute atomic E-state index is 0.111. The van der Waals surface area contributed by atoms with Gasteiger partial charge in [0.15, 0.2) is 0 Å². The molecule has 1 heterocycles. The Morgan fingerprint density at radius 3 is 2.60 bits per heavy atom. The second-order valence-corrected chi connectivity index (χ2v) is 3.86. The molecule has 4 N–H and O–H groups in total. The number of amides is 2. The van der Waals surface area contributed by atoms with Crippen LogP contribution in [0.2, 0.25) is 0 Å². The molecule has 1 aromatic heterocycles. The summed E-state index contributed by atoms with van der Waals surface area (Å²) in [5.74, 6) is -0.312. The van der Waals surface area contributed by atoms with E-state index in [4.69, 9.17) is 5.73 Å². The number of nitrogens with one attached hydrogen (secondary N) is 2. The summed E-state index contributed by atoms with van der Waals surface area (Å²) in [4.78, 5) is 22.5. The van der Waals surface area contributed by atoms with Crippen molar-refractivity contribution in [3.05, 3.63) is 16.3 Å². The van der Waals surface area contributed by atoms with E-state index in [1.807, 2.05) is 0 Å². The first-order valence-electron chi connectivity index (χ1n) is 4.47. The summed E-state index contributed by atoms with van der Waals surface area (Å²) < 4.78 is 0. The number of anilines is 1. The van der Waals surface area contributed by atoms with Gasteiger partial charge in [-0.05, 0) is 11.4 Å². The van der Waals surface area contributed by atoms with Gasteiger partial charge in [-0.2, -0.15) is 0 Å². The molecule has 0 saturated heterocycles.